The smallest absolute Gasteiger partial charge is 0.0841 e. The lowest BCUT2D eigenvalue weighted by atomic mass is 10.1. The number of unbranched alkanes of at least 4 members (excludes halogenated alkanes) is 2. The van der Waals surface area contributed by atoms with Crippen LogP contribution in [0.1, 0.15) is 45.4 Å². The first-order valence-electron chi connectivity index (χ1n) is 5.14. The first-order valence-corrected chi connectivity index (χ1v) is 5.14. The summed E-state index contributed by atoms with van der Waals surface area (Å²) in [6.07, 6.45) is 8.08. The van der Waals surface area contributed by atoms with E-state index in [-0.39, 0.29) is 0 Å². The van der Waals surface area contributed by atoms with Gasteiger partial charge in [-0.3, -0.25) is 0 Å². The van der Waals surface area contributed by atoms with Gasteiger partial charge in [0.05, 0.1) is 12.2 Å². The highest BCUT2D eigenvalue weighted by Crippen LogP contribution is 2.30. The van der Waals surface area contributed by atoms with Gasteiger partial charge in [0.15, 0.2) is 0 Å². The molecule has 1 saturated heterocycles. The molecule has 0 saturated carbocycles. The Morgan fingerprint density at radius 2 is 1.75 bits per heavy atom. The van der Waals surface area contributed by atoms with Crippen LogP contribution in [0.25, 0.3) is 0 Å². The maximum atomic E-state index is 8.57. The summed E-state index contributed by atoms with van der Waals surface area (Å²) in [7, 11) is 0. The minimum atomic E-state index is 0.326. The zero-order valence-corrected chi connectivity index (χ0v) is 7.96. The van der Waals surface area contributed by atoms with E-state index < -0.39 is 0 Å². The van der Waals surface area contributed by atoms with Gasteiger partial charge in [-0.15, -0.1) is 0 Å². The van der Waals surface area contributed by atoms with Crippen LogP contribution in [0.15, 0.2) is 0 Å². The number of hydrogen-bond donors (Lipinski definition) is 1. The highest BCUT2D eigenvalue weighted by Gasteiger charge is 2.36. The summed E-state index contributed by atoms with van der Waals surface area (Å²) in [6.45, 7) is 2.54. The zero-order chi connectivity index (χ0) is 8.81. The molecule has 2 unspecified atom stereocenters. The monoisotopic (exact) mass is 172 g/mol. The van der Waals surface area contributed by atoms with E-state index in [1.54, 1.807) is 0 Å². The van der Waals surface area contributed by atoms with Gasteiger partial charge in [-0.1, -0.05) is 19.8 Å². The van der Waals surface area contributed by atoms with Crippen molar-refractivity contribution in [2.24, 2.45) is 0 Å². The highest BCUT2D eigenvalue weighted by molar-refractivity contribution is 4.83. The molecule has 1 aliphatic heterocycles. The van der Waals surface area contributed by atoms with Gasteiger partial charge in [-0.25, -0.2) is 0 Å². The van der Waals surface area contributed by atoms with Crippen LogP contribution in [0.5, 0.6) is 0 Å². The third-order valence-corrected chi connectivity index (χ3v) is 2.43. The second-order valence-electron chi connectivity index (χ2n) is 3.57. The molecule has 2 nitrogen and oxygen atoms in total. The summed E-state index contributed by atoms with van der Waals surface area (Å²) in [5.74, 6) is 0. The summed E-state index contributed by atoms with van der Waals surface area (Å²) in [6, 6.07) is 0. The van der Waals surface area contributed by atoms with Crippen LogP contribution in [0.4, 0.5) is 0 Å². The number of aliphatic hydroxyl groups is 1. The van der Waals surface area contributed by atoms with Crippen molar-refractivity contribution in [1.29, 1.82) is 0 Å². The van der Waals surface area contributed by atoms with Gasteiger partial charge in [-0.05, 0) is 25.7 Å². The normalized spacial score (nSPS) is 27.5. The molecule has 12 heavy (non-hydrogen) atoms. The number of hydrogen-bond acceptors (Lipinski definition) is 2. The van der Waals surface area contributed by atoms with Gasteiger partial charge in [0.1, 0.15) is 0 Å². The largest absolute Gasteiger partial charge is 0.396 e. The van der Waals surface area contributed by atoms with Crippen molar-refractivity contribution in [3.8, 4) is 0 Å². The van der Waals surface area contributed by atoms with Gasteiger partial charge >= 0.3 is 0 Å². The van der Waals surface area contributed by atoms with Crippen molar-refractivity contribution in [2.45, 2.75) is 57.7 Å². The molecule has 0 aromatic rings. The Labute approximate surface area is 74.9 Å². The maximum Gasteiger partial charge on any atom is 0.0841 e. The van der Waals surface area contributed by atoms with Gasteiger partial charge < -0.3 is 9.84 Å². The fourth-order valence-corrected chi connectivity index (χ4v) is 1.55. The van der Waals surface area contributed by atoms with Crippen LogP contribution in [0.3, 0.4) is 0 Å². The van der Waals surface area contributed by atoms with Crippen LogP contribution < -0.4 is 0 Å². The lowest BCUT2D eigenvalue weighted by Crippen LogP contribution is -1.94. The first-order chi connectivity index (χ1) is 5.88. The van der Waals surface area contributed by atoms with Crippen molar-refractivity contribution < 1.29 is 9.84 Å². The Kier molecular flexibility index (Phi) is 4.62. The van der Waals surface area contributed by atoms with Crippen molar-refractivity contribution in [1.82, 2.24) is 0 Å². The van der Waals surface area contributed by atoms with Crippen LogP contribution in [0.2, 0.25) is 0 Å². The molecule has 0 radical (unpaired) electrons. The molecular weight excluding hydrogens is 152 g/mol. The zero-order valence-electron chi connectivity index (χ0n) is 7.96. The number of rotatable bonds is 7. The average Bonchev–Trinajstić information content (AvgIpc) is 2.81. The molecule has 1 rings (SSSR count). The van der Waals surface area contributed by atoms with Gasteiger partial charge in [0, 0.05) is 6.61 Å². The van der Waals surface area contributed by atoms with Gasteiger partial charge in [-0.2, -0.15) is 0 Å². The van der Waals surface area contributed by atoms with Crippen molar-refractivity contribution in [3.63, 3.8) is 0 Å². The predicted molar refractivity (Wildman–Crippen MR) is 49.1 cm³/mol. The van der Waals surface area contributed by atoms with Gasteiger partial charge in [0.2, 0.25) is 0 Å². The minimum absolute atomic E-state index is 0.326. The minimum Gasteiger partial charge on any atom is -0.396 e. The van der Waals surface area contributed by atoms with Crippen LogP contribution in [-0.2, 0) is 4.74 Å². The lowest BCUT2D eigenvalue weighted by Gasteiger charge is -1.94. The highest BCUT2D eigenvalue weighted by atomic mass is 16.6. The van der Waals surface area contributed by atoms with Crippen LogP contribution in [0, 0.1) is 0 Å². The molecule has 0 aliphatic carbocycles. The summed E-state index contributed by atoms with van der Waals surface area (Å²) >= 11 is 0. The molecule has 0 aromatic carbocycles. The third-order valence-electron chi connectivity index (χ3n) is 2.43. The SMILES string of the molecule is CCCCC1OC1CCCCO. The molecule has 0 bridgehead atoms. The van der Waals surface area contributed by atoms with E-state index in [0.29, 0.717) is 18.8 Å². The maximum absolute atomic E-state index is 8.57. The Hall–Kier alpha value is -0.0800. The molecule has 2 atom stereocenters. The van der Waals surface area contributed by atoms with E-state index in [9.17, 15) is 0 Å². The average molecular weight is 172 g/mol. The molecule has 0 amide bonds. The predicted octanol–water partition coefficient (Wildman–Crippen LogP) is 2.11. The van der Waals surface area contributed by atoms with Crippen LogP contribution in [-0.4, -0.2) is 23.9 Å². The first kappa shape index (κ1) is 10.0. The summed E-state index contributed by atoms with van der Waals surface area (Å²) < 4.78 is 5.48. The van der Waals surface area contributed by atoms with Crippen LogP contribution >= 0.6 is 0 Å². The Morgan fingerprint density at radius 3 is 2.33 bits per heavy atom. The molecule has 72 valence electrons. The summed E-state index contributed by atoms with van der Waals surface area (Å²) in [5.41, 5.74) is 0. The standard InChI is InChI=1S/C10H20O2/c1-2-3-6-9-10(12-9)7-4-5-8-11/h9-11H,2-8H2,1H3. The fourth-order valence-electron chi connectivity index (χ4n) is 1.55. The molecule has 1 aliphatic rings. The Bertz CT molecular complexity index is 114. The molecule has 1 N–H and O–H groups in total. The van der Waals surface area contributed by atoms with E-state index in [2.05, 4.69) is 6.92 Å². The van der Waals surface area contributed by atoms with E-state index in [4.69, 9.17) is 9.84 Å². The Balaban J connectivity index is 1.86. The Morgan fingerprint density at radius 1 is 1.08 bits per heavy atom. The number of ether oxygens (including phenoxy) is 1. The molecule has 1 fully saturated rings. The van der Waals surface area contributed by atoms with E-state index in [0.717, 1.165) is 19.3 Å². The number of aliphatic hydroxyl groups excluding tert-OH is 1. The van der Waals surface area contributed by atoms with E-state index >= 15 is 0 Å². The third kappa shape index (κ3) is 3.55. The second kappa shape index (κ2) is 5.55. The molecular formula is C10H20O2. The fraction of sp³-hybridized carbons (Fsp3) is 1.00. The van der Waals surface area contributed by atoms with Crippen molar-refractivity contribution >= 4 is 0 Å². The molecule has 0 spiro atoms. The molecule has 0 aromatic heterocycles. The summed E-state index contributed by atoms with van der Waals surface area (Å²) in [5, 5.41) is 8.57. The molecule has 1 heterocycles. The van der Waals surface area contributed by atoms with E-state index in [1.165, 1.54) is 19.3 Å². The molecule has 2 heteroatoms. The number of epoxide rings is 1. The van der Waals surface area contributed by atoms with Gasteiger partial charge in [0.25, 0.3) is 0 Å². The summed E-state index contributed by atoms with van der Waals surface area (Å²) in [4.78, 5) is 0. The quantitative estimate of drug-likeness (QED) is 0.471. The van der Waals surface area contributed by atoms with E-state index in [1.807, 2.05) is 0 Å². The van der Waals surface area contributed by atoms with Crippen molar-refractivity contribution in [3.05, 3.63) is 0 Å². The van der Waals surface area contributed by atoms with Crippen molar-refractivity contribution in [2.75, 3.05) is 6.61 Å². The second-order valence-corrected chi connectivity index (χ2v) is 3.57. The lowest BCUT2D eigenvalue weighted by molar-refractivity contribution is 0.278. The topological polar surface area (TPSA) is 32.8 Å².